The predicted molar refractivity (Wildman–Crippen MR) is 136 cm³/mol. The SMILES string of the molecule is C[C@H](C[S+]([O-])CC(C)(F)F)NC(=O)c1ccc(/C(F)=C/C(c2cc(Cl)c(Cl)c(Cl)c2)C(F)(F)F)cc1C(F)(F)F. The van der Waals surface area contributed by atoms with Crippen molar-refractivity contribution in [2.75, 3.05) is 11.5 Å². The molecule has 0 saturated heterocycles. The summed E-state index contributed by atoms with van der Waals surface area (Å²) in [5.74, 6) is -10.5. The smallest absolute Gasteiger partial charge is 0.417 e. The van der Waals surface area contributed by atoms with Gasteiger partial charge in [-0.3, -0.25) is 4.79 Å². The molecule has 2 rings (SSSR count). The first kappa shape index (κ1) is 34.4. The summed E-state index contributed by atoms with van der Waals surface area (Å²) in [5.41, 5.74) is -4.27. The van der Waals surface area contributed by atoms with Gasteiger partial charge in [-0.15, -0.1) is 0 Å². The van der Waals surface area contributed by atoms with Crippen molar-refractivity contribution in [3.8, 4) is 0 Å². The van der Waals surface area contributed by atoms with Crippen LogP contribution in [0.2, 0.25) is 15.1 Å². The molecule has 3 nitrogen and oxygen atoms in total. The van der Waals surface area contributed by atoms with Crippen LogP contribution in [0.15, 0.2) is 36.4 Å². The highest BCUT2D eigenvalue weighted by Crippen LogP contribution is 2.42. The third kappa shape index (κ3) is 9.64. The molecule has 0 aliphatic heterocycles. The minimum atomic E-state index is -5.25. The van der Waals surface area contributed by atoms with Crippen LogP contribution in [-0.2, 0) is 17.4 Å². The van der Waals surface area contributed by atoms with Crippen LogP contribution in [0, 0.1) is 0 Å². The van der Waals surface area contributed by atoms with E-state index in [1.165, 1.54) is 6.92 Å². The van der Waals surface area contributed by atoms with Gasteiger partial charge in [0.1, 0.15) is 17.5 Å². The van der Waals surface area contributed by atoms with E-state index in [4.69, 9.17) is 34.8 Å². The van der Waals surface area contributed by atoms with Crippen molar-refractivity contribution in [3.63, 3.8) is 0 Å². The highest BCUT2D eigenvalue weighted by Gasteiger charge is 2.41. The molecule has 3 atom stereocenters. The molecule has 222 valence electrons. The molecule has 0 fully saturated rings. The molecule has 1 amide bonds. The Morgan fingerprint density at radius 2 is 1.57 bits per heavy atom. The number of hydrogen-bond donors (Lipinski definition) is 1. The molecule has 0 saturated carbocycles. The van der Waals surface area contributed by atoms with E-state index in [0.29, 0.717) is 19.1 Å². The van der Waals surface area contributed by atoms with Crippen LogP contribution in [0.25, 0.3) is 5.83 Å². The van der Waals surface area contributed by atoms with Gasteiger partial charge in [0.15, 0.2) is 5.75 Å². The Morgan fingerprint density at radius 3 is 2.05 bits per heavy atom. The average Bonchev–Trinajstić information content (AvgIpc) is 2.77. The van der Waals surface area contributed by atoms with Crippen LogP contribution >= 0.6 is 34.8 Å². The first-order chi connectivity index (χ1) is 18.1. The largest absolute Gasteiger partial charge is 0.616 e. The molecule has 0 heterocycles. The summed E-state index contributed by atoms with van der Waals surface area (Å²) >= 11 is 15.1. The average molecular weight is 663 g/mol. The highest BCUT2D eigenvalue weighted by molar-refractivity contribution is 7.91. The number of halogens is 12. The number of hydrogen-bond acceptors (Lipinski definition) is 2. The molecule has 0 aliphatic rings. The standard InChI is InChI=1S/C24H19Cl3F9NO2S/c1-11(9-40(39)10-22(2,29)30)37-21(38)14-4-3-12(5-16(14)24(34,35)36)19(28)8-15(23(31,32)33)13-6-17(25)20(27)18(26)7-13/h3-8,11,15H,9-10H2,1-2H3,(H,37,38)/b19-8-/t11-,15?,40?/m1/s1. The van der Waals surface area contributed by atoms with Crippen molar-refractivity contribution in [1.82, 2.24) is 5.32 Å². The van der Waals surface area contributed by atoms with E-state index in [1.807, 2.05) is 0 Å². The molecule has 0 radical (unpaired) electrons. The van der Waals surface area contributed by atoms with Crippen LogP contribution < -0.4 is 5.32 Å². The monoisotopic (exact) mass is 661 g/mol. The fourth-order valence-corrected chi connectivity index (χ4v) is 5.40. The molecule has 0 spiro atoms. The first-order valence-electron chi connectivity index (χ1n) is 10.9. The second kappa shape index (κ2) is 13.0. The zero-order chi connectivity index (χ0) is 30.8. The van der Waals surface area contributed by atoms with Crippen molar-refractivity contribution in [2.45, 2.75) is 44.1 Å². The Balaban J connectivity index is 2.43. The third-order valence-corrected chi connectivity index (χ3v) is 8.00. The molecule has 1 N–H and O–H groups in total. The zero-order valence-electron chi connectivity index (χ0n) is 20.3. The van der Waals surface area contributed by atoms with Crippen LogP contribution in [-0.4, -0.2) is 40.1 Å². The maximum Gasteiger partial charge on any atom is 0.417 e. The van der Waals surface area contributed by atoms with Crippen molar-refractivity contribution in [2.24, 2.45) is 0 Å². The molecule has 2 aromatic carbocycles. The number of nitrogens with one attached hydrogen (secondary N) is 1. The van der Waals surface area contributed by atoms with Crippen LogP contribution in [0.5, 0.6) is 0 Å². The van der Waals surface area contributed by atoms with Gasteiger partial charge in [-0.25, -0.2) is 13.2 Å². The van der Waals surface area contributed by atoms with Crippen molar-refractivity contribution in [1.29, 1.82) is 0 Å². The predicted octanol–water partition coefficient (Wildman–Crippen LogP) is 8.84. The van der Waals surface area contributed by atoms with Gasteiger partial charge < -0.3 is 9.87 Å². The maximum atomic E-state index is 15.0. The fraction of sp³-hybridized carbons (Fsp3) is 0.375. The Labute approximate surface area is 240 Å². The minimum absolute atomic E-state index is 0.0199. The molecule has 16 heteroatoms. The lowest BCUT2D eigenvalue weighted by Gasteiger charge is -2.21. The second-order valence-electron chi connectivity index (χ2n) is 8.79. The number of alkyl halides is 8. The summed E-state index contributed by atoms with van der Waals surface area (Å²) in [6.07, 6.45) is -10.4. The topological polar surface area (TPSA) is 52.2 Å². The lowest BCUT2D eigenvalue weighted by atomic mass is 9.95. The van der Waals surface area contributed by atoms with E-state index >= 15 is 0 Å². The van der Waals surface area contributed by atoms with Crippen molar-refractivity contribution < 1.29 is 48.9 Å². The quantitative estimate of drug-likeness (QED) is 0.166. The van der Waals surface area contributed by atoms with E-state index in [2.05, 4.69) is 5.32 Å². The molecule has 40 heavy (non-hydrogen) atoms. The Morgan fingerprint density at radius 1 is 1.02 bits per heavy atom. The number of amides is 1. The normalized spacial score (nSPS) is 15.5. The molecule has 0 bridgehead atoms. The van der Waals surface area contributed by atoms with Crippen LogP contribution in [0.3, 0.4) is 0 Å². The summed E-state index contributed by atoms with van der Waals surface area (Å²) in [7, 11) is 0. The van der Waals surface area contributed by atoms with E-state index in [-0.39, 0.29) is 27.2 Å². The number of rotatable bonds is 9. The van der Waals surface area contributed by atoms with Gasteiger partial charge in [-0.2, -0.15) is 26.3 Å². The summed E-state index contributed by atoms with van der Waals surface area (Å²) in [4.78, 5) is 12.5. The summed E-state index contributed by atoms with van der Waals surface area (Å²) < 4.78 is 135. The van der Waals surface area contributed by atoms with E-state index in [1.54, 1.807) is 0 Å². The summed E-state index contributed by atoms with van der Waals surface area (Å²) in [6.45, 7) is 1.75. The molecular weight excluding hydrogens is 644 g/mol. The second-order valence-corrected chi connectivity index (χ2v) is 11.5. The zero-order valence-corrected chi connectivity index (χ0v) is 23.4. The van der Waals surface area contributed by atoms with Crippen LogP contribution in [0.4, 0.5) is 39.5 Å². The van der Waals surface area contributed by atoms with Gasteiger partial charge in [0.25, 0.3) is 11.8 Å². The summed E-state index contributed by atoms with van der Waals surface area (Å²) in [5, 5.41) is 1.09. The van der Waals surface area contributed by atoms with Gasteiger partial charge >= 0.3 is 12.4 Å². The first-order valence-corrected chi connectivity index (χ1v) is 13.6. The Hall–Kier alpha value is -1.80. The van der Waals surface area contributed by atoms with Crippen LogP contribution in [0.1, 0.15) is 46.8 Å². The number of allylic oxidation sites excluding steroid dienone is 1. The van der Waals surface area contributed by atoms with E-state index < -0.39 is 86.9 Å². The van der Waals surface area contributed by atoms with Gasteiger partial charge in [-0.1, -0.05) is 40.9 Å². The molecular formula is C24H19Cl3F9NO2S. The lowest BCUT2D eigenvalue weighted by molar-refractivity contribution is -0.140. The summed E-state index contributed by atoms with van der Waals surface area (Å²) in [6, 6.07) is 1.81. The van der Waals surface area contributed by atoms with Gasteiger partial charge in [-0.05, 0) is 54.0 Å². The van der Waals surface area contributed by atoms with Crippen molar-refractivity contribution >= 4 is 57.7 Å². The molecule has 0 aromatic heterocycles. The number of carbonyl (C=O) groups excluding carboxylic acids is 1. The van der Waals surface area contributed by atoms with E-state index in [9.17, 15) is 48.9 Å². The fourth-order valence-electron chi connectivity index (χ4n) is 3.47. The third-order valence-electron chi connectivity index (χ3n) is 5.10. The number of benzene rings is 2. The van der Waals surface area contributed by atoms with E-state index in [0.717, 1.165) is 12.1 Å². The maximum absolute atomic E-state index is 15.0. The molecule has 0 aliphatic carbocycles. The van der Waals surface area contributed by atoms with Gasteiger partial charge in [0, 0.05) is 12.5 Å². The number of carbonyl (C=O) groups is 1. The molecule has 2 aromatic rings. The Bertz CT molecular complexity index is 1240. The minimum Gasteiger partial charge on any atom is -0.616 e. The van der Waals surface area contributed by atoms with Gasteiger partial charge in [0.2, 0.25) is 0 Å². The lowest BCUT2D eigenvalue weighted by Crippen LogP contribution is -2.40. The molecule has 2 unspecified atom stereocenters. The van der Waals surface area contributed by atoms with Gasteiger partial charge in [0.05, 0.1) is 32.2 Å². The van der Waals surface area contributed by atoms with Crippen molar-refractivity contribution in [3.05, 3.63) is 73.7 Å². The Kier molecular flexibility index (Phi) is 11.2. The highest BCUT2D eigenvalue weighted by atomic mass is 35.5.